The molecule has 172 valence electrons. The Bertz CT molecular complexity index is 888. The molecule has 0 aliphatic carbocycles. The Hall–Kier alpha value is -1.44. The molecule has 31 heavy (non-hydrogen) atoms. The van der Waals surface area contributed by atoms with E-state index in [0.717, 1.165) is 36.0 Å². The van der Waals surface area contributed by atoms with E-state index in [1.165, 1.54) is 17.3 Å². The number of unbranched alkanes of at least 4 members (excludes halogenated alkanes) is 2. The molecule has 0 spiro atoms. The molecule has 0 saturated carbocycles. The molecule has 0 aliphatic rings. The highest BCUT2D eigenvalue weighted by Gasteiger charge is 2.32. The molecule has 2 nitrogen and oxygen atoms in total. The zero-order valence-electron chi connectivity index (χ0n) is 20.7. The average Bonchev–Trinajstić information content (AvgIpc) is 2.65. The Morgan fingerprint density at radius 1 is 1.03 bits per heavy atom. The molecule has 1 N–H and O–H groups in total. The maximum Gasteiger partial charge on any atom is 0.123 e. The Morgan fingerprint density at radius 3 is 2.29 bits per heavy atom. The maximum absolute atomic E-state index is 14.0. The maximum atomic E-state index is 14.0. The lowest BCUT2D eigenvalue weighted by atomic mass is 9.82. The fourth-order valence-electron chi connectivity index (χ4n) is 4.08. The molecule has 0 aliphatic heterocycles. The summed E-state index contributed by atoms with van der Waals surface area (Å²) >= 11 is 0. The van der Waals surface area contributed by atoms with Crippen molar-refractivity contribution in [3.05, 3.63) is 58.4 Å². The van der Waals surface area contributed by atoms with E-state index in [1.54, 1.807) is 12.1 Å². The fraction of sp³-hybridized carbons (Fsp3) is 0.556. The van der Waals surface area contributed by atoms with E-state index in [-0.39, 0.29) is 16.4 Å². The molecule has 0 bridgehead atoms. The van der Waals surface area contributed by atoms with Crippen LogP contribution in [-0.4, -0.2) is 24.1 Å². The predicted molar refractivity (Wildman–Crippen MR) is 135 cm³/mol. The van der Waals surface area contributed by atoms with E-state index in [4.69, 9.17) is 0 Å². The van der Waals surface area contributed by atoms with Gasteiger partial charge in [0.2, 0.25) is 0 Å². The van der Waals surface area contributed by atoms with Gasteiger partial charge in [0, 0.05) is 17.3 Å². The number of aryl methyl sites for hydroxylation is 1. The van der Waals surface area contributed by atoms with Crippen LogP contribution >= 0.6 is 8.58 Å². The summed E-state index contributed by atoms with van der Waals surface area (Å²) in [4.78, 5) is 2.08. The largest absolute Gasteiger partial charge is 0.507 e. The minimum absolute atomic E-state index is 0.00656. The normalized spacial score (nSPS) is 14.5. The average molecular weight is 446 g/mol. The molecule has 0 saturated heterocycles. The first-order valence-corrected chi connectivity index (χ1v) is 12.4. The summed E-state index contributed by atoms with van der Waals surface area (Å²) in [6, 6.07) is 9.53. The molecule has 2 rings (SSSR count). The number of phenols is 1. The number of nitrogens with zero attached hydrogens (tertiary/aromatic N) is 1. The Balaban J connectivity index is 2.60. The molecule has 2 aromatic rings. The van der Waals surface area contributed by atoms with Gasteiger partial charge >= 0.3 is 0 Å². The van der Waals surface area contributed by atoms with Gasteiger partial charge in [0.1, 0.15) is 11.6 Å². The summed E-state index contributed by atoms with van der Waals surface area (Å²) in [6.45, 7) is 13.9. The molecule has 2 aromatic carbocycles. The van der Waals surface area contributed by atoms with Gasteiger partial charge in [-0.2, -0.15) is 0 Å². The van der Waals surface area contributed by atoms with Gasteiger partial charge in [-0.3, -0.25) is 0 Å². The van der Waals surface area contributed by atoms with Crippen molar-refractivity contribution in [3.8, 4) is 5.75 Å². The lowest BCUT2D eigenvalue weighted by molar-refractivity contribution is 0.402. The van der Waals surface area contributed by atoms with Crippen LogP contribution in [0.1, 0.15) is 82.6 Å². The minimum atomic E-state index is -0.204. The Morgan fingerprint density at radius 2 is 1.71 bits per heavy atom. The summed E-state index contributed by atoms with van der Waals surface area (Å²) in [5.74, 6) is 0.224. The molecular weight excluding hydrogens is 404 g/mol. The Kier molecular flexibility index (Phi) is 8.70. The highest BCUT2D eigenvalue weighted by Crippen LogP contribution is 2.50. The van der Waals surface area contributed by atoms with Crippen LogP contribution in [0.5, 0.6) is 5.75 Å². The summed E-state index contributed by atoms with van der Waals surface area (Å²) in [5.41, 5.74) is 4.26. The molecular formula is C27H41FNOP. The molecule has 0 fully saturated rings. The van der Waals surface area contributed by atoms with Crippen molar-refractivity contribution >= 4 is 13.9 Å². The van der Waals surface area contributed by atoms with Gasteiger partial charge in [0.05, 0.1) is 0 Å². The van der Waals surface area contributed by atoms with Crippen molar-refractivity contribution in [2.24, 2.45) is 0 Å². The van der Waals surface area contributed by atoms with Gasteiger partial charge in [-0.05, 0) is 67.0 Å². The number of benzene rings is 2. The van der Waals surface area contributed by atoms with Crippen molar-refractivity contribution in [1.82, 2.24) is 4.90 Å². The van der Waals surface area contributed by atoms with Crippen molar-refractivity contribution in [2.75, 3.05) is 14.1 Å². The molecule has 2 unspecified atom stereocenters. The van der Waals surface area contributed by atoms with E-state index in [9.17, 15) is 9.50 Å². The number of rotatable bonds is 9. The number of halogens is 1. The topological polar surface area (TPSA) is 23.5 Å². The molecule has 4 heteroatoms. The van der Waals surface area contributed by atoms with Crippen LogP contribution in [0.2, 0.25) is 0 Å². The number of hydrogen-bond acceptors (Lipinski definition) is 2. The van der Waals surface area contributed by atoms with Crippen LogP contribution in [-0.2, 0) is 17.1 Å². The monoisotopic (exact) mass is 445 g/mol. The van der Waals surface area contributed by atoms with Gasteiger partial charge in [0.25, 0.3) is 0 Å². The van der Waals surface area contributed by atoms with Crippen molar-refractivity contribution in [2.45, 2.75) is 84.3 Å². The lowest BCUT2D eigenvalue weighted by Crippen LogP contribution is -2.24. The minimum Gasteiger partial charge on any atom is -0.507 e. The third-order valence-corrected chi connectivity index (χ3v) is 7.83. The van der Waals surface area contributed by atoms with Crippen LogP contribution < -0.4 is 5.30 Å². The first-order valence-electron chi connectivity index (χ1n) is 11.4. The SMILES string of the molecule is CCCCCC(C)(Pc1ccc(F)cc1CN(C)C)c1cc(C(C)(C)C)cc(C)c1O. The van der Waals surface area contributed by atoms with E-state index >= 15 is 0 Å². The highest BCUT2D eigenvalue weighted by molar-refractivity contribution is 7.48. The summed E-state index contributed by atoms with van der Waals surface area (Å²) in [6.07, 6.45) is 4.45. The van der Waals surface area contributed by atoms with Crippen LogP contribution in [0.25, 0.3) is 0 Å². The first kappa shape index (κ1) is 25.8. The van der Waals surface area contributed by atoms with Gasteiger partial charge < -0.3 is 10.0 Å². The van der Waals surface area contributed by atoms with Gasteiger partial charge in [0.15, 0.2) is 0 Å². The third-order valence-electron chi connectivity index (χ3n) is 6.01. The number of hydrogen-bond donors (Lipinski definition) is 1. The number of phenolic OH excluding ortho intramolecular Hbond substituents is 1. The summed E-state index contributed by atoms with van der Waals surface area (Å²) in [5, 5.41) is 12.1. The van der Waals surface area contributed by atoms with E-state index < -0.39 is 0 Å². The standard InChI is InChI=1S/C27H41FNOP/c1-9-10-11-14-27(6,23-17-21(26(3,4)5)15-19(2)25(23)30)31-24-13-12-22(28)16-20(24)18-29(7)8/h12-13,15-17,30-31H,9-11,14,18H2,1-8H3. The van der Waals surface area contributed by atoms with Crippen LogP contribution in [0.15, 0.2) is 30.3 Å². The van der Waals surface area contributed by atoms with E-state index in [0.29, 0.717) is 20.9 Å². The second-order valence-corrected chi connectivity index (χ2v) is 12.3. The van der Waals surface area contributed by atoms with Crippen molar-refractivity contribution in [1.29, 1.82) is 0 Å². The van der Waals surface area contributed by atoms with Crippen molar-refractivity contribution < 1.29 is 9.50 Å². The van der Waals surface area contributed by atoms with E-state index in [1.807, 2.05) is 27.1 Å². The second kappa shape index (κ2) is 10.5. The second-order valence-electron chi connectivity index (χ2n) is 10.4. The highest BCUT2D eigenvalue weighted by atomic mass is 31.1. The summed E-state index contributed by atoms with van der Waals surface area (Å²) < 4.78 is 14.0. The molecule has 2 atom stereocenters. The zero-order valence-corrected chi connectivity index (χ0v) is 21.7. The van der Waals surface area contributed by atoms with Crippen molar-refractivity contribution in [3.63, 3.8) is 0 Å². The lowest BCUT2D eigenvalue weighted by Gasteiger charge is -2.34. The number of aromatic hydroxyl groups is 1. The van der Waals surface area contributed by atoms with Gasteiger partial charge in [-0.15, -0.1) is 0 Å². The van der Waals surface area contributed by atoms with Crippen LogP contribution in [0.4, 0.5) is 4.39 Å². The predicted octanol–water partition coefficient (Wildman–Crippen LogP) is 7.00. The van der Waals surface area contributed by atoms with Crippen LogP contribution in [0.3, 0.4) is 0 Å². The quantitative estimate of drug-likeness (QED) is 0.332. The van der Waals surface area contributed by atoms with Crippen LogP contribution in [0, 0.1) is 12.7 Å². The first-order chi connectivity index (χ1) is 14.4. The molecule has 0 aromatic heterocycles. The summed E-state index contributed by atoms with van der Waals surface area (Å²) in [7, 11) is 4.48. The molecule has 0 heterocycles. The van der Waals surface area contributed by atoms with Gasteiger partial charge in [-0.1, -0.05) is 80.7 Å². The molecule has 0 amide bonds. The fourth-order valence-corrected chi connectivity index (χ4v) is 5.78. The smallest absolute Gasteiger partial charge is 0.123 e. The Labute approximate surface area is 191 Å². The zero-order chi connectivity index (χ0) is 23.4. The third kappa shape index (κ3) is 6.77. The van der Waals surface area contributed by atoms with Gasteiger partial charge in [-0.25, -0.2) is 4.39 Å². The van der Waals surface area contributed by atoms with E-state index in [2.05, 4.69) is 51.7 Å². The molecule has 0 radical (unpaired) electrons.